The van der Waals surface area contributed by atoms with Gasteiger partial charge in [0.15, 0.2) is 0 Å². The van der Waals surface area contributed by atoms with E-state index in [2.05, 4.69) is 10.6 Å². The standard InChI is InChI=1S/C14H23N3O3S/c18-13(19)11-8-21-12(9-2-3-9)17(11)14(20)16-7-1-6-15-10-4-5-10/h9-12,15H,1-8H2,(H,16,20)(H,18,19). The predicted octanol–water partition coefficient (Wildman–Crippen LogP) is 1.08. The molecule has 0 aromatic rings. The molecule has 2 unspecified atom stereocenters. The lowest BCUT2D eigenvalue weighted by molar-refractivity contribution is -0.141. The van der Waals surface area contributed by atoms with E-state index >= 15 is 0 Å². The Hall–Kier alpha value is -0.950. The minimum atomic E-state index is -0.892. The van der Waals surface area contributed by atoms with Crippen molar-refractivity contribution in [3.8, 4) is 0 Å². The fourth-order valence-corrected chi connectivity index (χ4v) is 4.32. The van der Waals surface area contributed by atoms with Crippen LogP contribution >= 0.6 is 11.8 Å². The Labute approximate surface area is 129 Å². The van der Waals surface area contributed by atoms with Crippen LogP contribution in [0.5, 0.6) is 0 Å². The summed E-state index contributed by atoms with van der Waals surface area (Å²) >= 11 is 1.61. The number of urea groups is 1. The largest absolute Gasteiger partial charge is 0.480 e. The van der Waals surface area contributed by atoms with Gasteiger partial charge in [0, 0.05) is 18.3 Å². The van der Waals surface area contributed by atoms with Gasteiger partial charge < -0.3 is 15.7 Å². The quantitative estimate of drug-likeness (QED) is 0.613. The van der Waals surface area contributed by atoms with E-state index < -0.39 is 12.0 Å². The molecule has 6 nitrogen and oxygen atoms in total. The minimum Gasteiger partial charge on any atom is -0.480 e. The zero-order valence-corrected chi connectivity index (χ0v) is 12.9. The number of carbonyl (C=O) groups excluding carboxylic acids is 1. The Balaban J connectivity index is 1.46. The first kappa shape index (κ1) is 15.0. The number of thioether (sulfide) groups is 1. The van der Waals surface area contributed by atoms with Crippen LogP contribution in [0, 0.1) is 5.92 Å². The van der Waals surface area contributed by atoms with Crippen molar-refractivity contribution in [2.75, 3.05) is 18.8 Å². The van der Waals surface area contributed by atoms with E-state index in [0.717, 1.165) is 25.8 Å². The van der Waals surface area contributed by atoms with E-state index in [9.17, 15) is 14.7 Å². The lowest BCUT2D eigenvalue weighted by Gasteiger charge is -2.27. The van der Waals surface area contributed by atoms with Crippen LogP contribution in [0.4, 0.5) is 4.79 Å². The van der Waals surface area contributed by atoms with Gasteiger partial charge in [0.05, 0.1) is 5.37 Å². The van der Waals surface area contributed by atoms with Crippen molar-refractivity contribution in [2.24, 2.45) is 5.92 Å². The number of carboxylic acid groups (broad SMARTS) is 1. The van der Waals surface area contributed by atoms with Gasteiger partial charge in [-0.2, -0.15) is 0 Å². The second-order valence-electron chi connectivity index (χ2n) is 6.14. The van der Waals surface area contributed by atoms with Crippen LogP contribution in [0.3, 0.4) is 0 Å². The molecule has 0 radical (unpaired) electrons. The van der Waals surface area contributed by atoms with E-state index in [0.29, 0.717) is 24.3 Å². The van der Waals surface area contributed by atoms with Gasteiger partial charge in [0.1, 0.15) is 6.04 Å². The fourth-order valence-electron chi connectivity index (χ4n) is 2.69. The Bertz CT molecular complexity index is 412. The summed E-state index contributed by atoms with van der Waals surface area (Å²) in [5.74, 6) is 0.102. The molecule has 0 bridgehead atoms. The van der Waals surface area contributed by atoms with Crippen LogP contribution < -0.4 is 10.6 Å². The van der Waals surface area contributed by atoms with Gasteiger partial charge >= 0.3 is 12.0 Å². The van der Waals surface area contributed by atoms with Crippen LogP contribution in [-0.4, -0.2) is 58.3 Å². The van der Waals surface area contributed by atoms with Gasteiger partial charge in [-0.15, -0.1) is 11.8 Å². The highest BCUT2D eigenvalue weighted by atomic mass is 32.2. The molecular formula is C14H23N3O3S. The molecule has 21 heavy (non-hydrogen) atoms. The molecule has 2 aliphatic carbocycles. The summed E-state index contributed by atoms with van der Waals surface area (Å²) in [6.07, 6.45) is 5.63. The maximum atomic E-state index is 12.3. The smallest absolute Gasteiger partial charge is 0.327 e. The SMILES string of the molecule is O=C(O)C1CSC(C2CC2)N1C(=O)NCCCNC1CC1. The van der Waals surface area contributed by atoms with E-state index in [1.807, 2.05) is 0 Å². The van der Waals surface area contributed by atoms with Gasteiger partial charge in [0.2, 0.25) is 0 Å². The molecule has 3 N–H and O–H groups in total. The van der Waals surface area contributed by atoms with E-state index in [1.165, 1.54) is 12.8 Å². The summed E-state index contributed by atoms with van der Waals surface area (Å²) in [4.78, 5) is 25.2. The summed E-state index contributed by atoms with van der Waals surface area (Å²) in [7, 11) is 0. The average Bonchev–Trinajstić information content (AvgIpc) is 3.37. The Morgan fingerprint density at radius 3 is 2.57 bits per heavy atom. The van der Waals surface area contributed by atoms with E-state index in [-0.39, 0.29) is 11.4 Å². The number of carboxylic acids is 1. The average molecular weight is 313 g/mol. The molecule has 0 aromatic heterocycles. The molecule has 1 heterocycles. The summed E-state index contributed by atoms with van der Waals surface area (Å²) in [5, 5.41) is 15.6. The molecule has 0 spiro atoms. The second kappa shape index (κ2) is 6.44. The van der Waals surface area contributed by atoms with Gasteiger partial charge in [-0.3, -0.25) is 4.90 Å². The molecule has 1 saturated heterocycles. The van der Waals surface area contributed by atoms with Gasteiger partial charge in [-0.05, 0) is 44.6 Å². The van der Waals surface area contributed by atoms with Gasteiger partial charge in [-0.25, -0.2) is 9.59 Å². The molecule has 0 aromatic carbocycles. The topological polar surface area (TPSA) is 81.7 Å². The third kappa shape index (κ3) is 3.83. The van der Waals surface area contributed by atoms with Crippen molar-refractivity contribution in [1.82, 2.24) is 15.5 Å². The van der Waals surface area contributed by atoms with Crippen molar-refractivity contribution in [3.63, 3.8) is 0 Å². The normalized spacial score (nSPS) is 28.7. The molecular weight excluding hydrogens is 290 g/mol. The molecule has 3 aliphatic rings. The number of nitrogens with one attached hydrogen (secondary N) is 2. The number of aliphatic carboxylic acids is 1. The monoisotopic (exact) mass is 313 g/mol. The number of rotatable bonds is 7. The Morgan fingerprint density at radius 1 is 1.19 bits per heavy atom. The highest BCUT2D eigenvalue weighted by Gasteiger charge is 2.47. The number of amides is 2. The number of carbonyl (C=O) groups is 2. The number of hydrogen-bond acceptors (Lipinski definition) is 4. The lowest BCUT2D eigenvalue weighted by atomic mass is 10.2. The van der Waals surface area contributed by atoms with Crippen LogP contribution in [0.25, 0.3) is 0 Å². The van der Waals surface area contributed by atoms with Crippen molar-refractivity contribution < 1.29 is 14.7 Å². The maximum absolute atomic E-state index is 12.3. The third-order valence-electron chi connectivity index (χ3n) is 4.22. The number of nitrogens with zero attached hydrogens (tertiary/aromatic N) is 1. The fraction of sp³-hybridized carbons (Fsp3) is 0.857. The van der Waals surface area contributed by atoms with Crippen LogP contribution in [0.15, 0.2) is 0 Å². The van der Waals surface area contributed by atoms with Crippen molar-refractivity contribution in [2.45, 2.75) is 49.6 Å². The Kier molecular flexibility index (Phi) is 4.59. The summed E-state index contributed by atoms with van der Waals surface area (Å²) in [6, 6.07) is -0.202. The predicted molar refractivity (Wildman–Crippen MR) is 81.3 cm³/mol. The van der Waals surface area contributed by atoms with Crippen molar-refractivity contribution in [1.29, 1.82) is 0 Å². The van der Waals surface area contributed by atoms with Crippen LogP contribution in [0.1, 0.15) is 32.1 Å². The van der Waals surface area contributed by atoms with Crippen LogP contribution in [0.2, 0.25) is 0 Å². The van der Waals surface area contributed by atoms with E-state index in [4.69, 9.17) is 0 Å². The van der Waals surface area contributed by atoms with Crippen LogP contribution in [-0.2, 0) is 4.79 Å². The molecule has 2 amide bonds. The second-order valence-corrected chi connectivity index (χ2v) is 7.29. The highest BCUT2D eigenvalue weighted by Crippen LogP contribution is 2.45. The molecule has 7 heteroatoms. The highest BCUT2D eigenvalue weighted by molar-refractivity contribution is 8.00. The summed E-state index contributed by atoms with van der Waals surface area (Å²) in [5.41, 5.74) is 0. The zero-order chi connectivity index (χ0) is 14.8. The molecule has 118 valence electrons. The molecule has 3 fully saturated rings. The van der Waals surface area contributed by atoms with E-state index in [1.54, 1.807) is 16.7 Å². The molecule has 2 saturated carbocycles. The lowest BCUT2D eigenvalue weighted by Crippen LogP contribution is -2.51. The molecule has 3 rings (SSSR count). The molecule has 2 atom stereocenters. The minimum absolute atomic E-state index is 0.0516. The maximum Gasteiger partial charge on any atom is 0.327 e. The van der Waals surface area contributed by atoms with Crippen molar-refractivity contribution >= 4 is 23.8 Å². The first-order chi connectivity index (χ1) is 10.2. The first-order valence-electron chi connectivity index (χ1n) is 7.81. The summed E-state index contributed by atoms with van der Waals surface area (Å²) < 4.78 is 0. The van der Waals surface area contributed by atoms with Gasteiger partial charge in [-0.1, -0.05) is 0 Å². The Morgan fingerprint density at radius 2 is 1.95 bits per heavy atom. The summed E-state index contributed by atoms with van der Waals surface area (Å²) in [6.45, 7) is 1.51. The molecule has 1 aliphatic heterocycles. The first-order valence-corrected chi connectivity index (χ1v) is 8.85. The third-order valence-corrected chi connectivity index (χ3v) is 5.68. The zero-order valence-electron chi connectivity index (χ0n) is 12.1. The number of hydrogen-bond donors (Lipinski definition) is 3. The van der Waals surface area contributed by atoms with Gasteiger partial charge in [0.25, 0.3) is 0 Å². The van der Waals surface area contributed by atoms with Crippen molar-refractivity contribution in [3.05, 3.63) is 0 Å².